The lowest BCUT2D eigenvalue weighted by Crippen LogP contribution is -1.96. The molecule has 0 radical (unpaired) electrons. The second-order valence-electron chi connectivity index (χ2n) is 3.82. The van der Waals surface area contributed by atoms with Crippen LogP contribution in [0.25, 0.3) is 0 Å². The molecule has 0 unspecified atom stereocenters. The van der Waals surface area contributed by atoms with Crippen LogP contribution < -0.4 is 10.5 Å². The van der Waals surface area contributed by atoms with Crippen molar-refractivity contribution in [3.05, 3.63) is 63.2 Å². The molecule has 0 aromatic heterocycles. The van der Waals surface area contributed by atoms with Gasteiger partial charge >= 0.3 is 0 Å². The van der Waals surface area contributed by atoms with Crippen molar-refractivity contribution in [2.75, 3.05) is 0 Å². The Morgan fingerprint density at radius 2 is 1.89 bits per heavy atom. The highest BCUT2D eigenvalue weighted by Gasteiger charge is 2.07. The molecule has 0 bridgehead atoms. The number of nitro benzene ring substituents is 1. The quantitative estimate of drug-likeness (QED) is 0.686. The lowest BCUT2D eigenvalue weighted by atomic mass is 10.2. The topological polar surface area (TPSA) is 78.4 Å². The smallest absolute Gasteiger partial charge is 0.269 e. The van der Waals surface area contributed by atoms with E-state index in [1.807, 2.05) is 6.07 Å². The predicted molar refractivity (Wildman–Crippen MR) is 72.5 cm³/mol. The van der Waals surface area contributed by atoms with Crippen LogP contribution in [-0.2, 0) is 6.54 Å². The third-order valence-electron chi connectivity index (χ3n) is 2.51. The highest BCUT2D eigenvalue weighted by Crippen LogP contribution is 2.30. The first-order valence-electron chi connectivity index (χ1n) is 5.51. The molecule has 0 saturated carbocycles. The predicted octanol–water partition coefficient (Wildman–Crippen LogP) is 3.50. The SMILES string of the molecule is NCc1ccc(Oc2ccc([N+](=O)[O-])cc2)c(Cl)c1. The van der Waals surface area contributed by atoms with Crippen LogP contribution in [-0.4, -0.2) is 4.92 Å². The Kier molecular flexibility index (Phi) is 3.99. The maximum Gasteiger partial charge on any atom is 0.269 e. The number of nitro groups is 1. The van der Waals surface area contributed by atoms with Gasteiger partial charge in [0.05, 0.1) is 9.95 Å². The zero-order chi connectivity index (χ0) is 13.8. The molecule has 0 aliphatic heterocycles. The van der Waals surface area contributed by atoms with Gasteiger partial charge in [-0.2, -0.15) is 0 Å². The number of rotatable bonds is 4. The molecule has 0 heterocycles. The molecule has 6 heteroatoms. The van der Waals surface area contributed by atoms with E-state index in [0.717, 1.165) is 5.56 Å². The standard InChI is InChI=1S/C13H11ClN2O3/c14-12-7-9(8-15)1-6-13(12)19-11-4-2-10(3-5-11)16(17)18/h1-7H,8,15H2. The Morgan fingerprint density at radius 1 is 1.21 bits per heavy atom. The van der Waals surface area contributed by atoms with Gasteiger partial charge in [-0.15, -0.1) is 0 Å². The molecule has 19 heavy (non-hydrogen) atoms. The maximum atomic E-state index is 10.5. The first-order valence-corrected chi connectivity index (χ1v) is 5.89. The molecule has 0 amide bonds. The van der Waals surface area contributed by atoms with E-state index in [4.69, 9.17) is 22.1 Å². The second-order valence-corrected chi connectivity index (χ2v) is 4.23. The van der Waals surface area contributed by atoms with Crippen LogP contribution in [0, 0.1) is 10.1 Å². The Balaban J connectivity index is 2.19. The first-order chi connectivity index (χ1) is 9.10. The van der Waals surface area contributed by atoms with Crippen molar-refractivity contribution < 1.29 is 9.66 Å². The Morgan fingerprint density at radius 3 is 2.42 bits per heavy atom. The fraction of sp³-hybridized carbons (Fsp3) is 0.0769. The van der Waals surface area contributed by atoms with E-state index in [2.05, 4.69) is 0 Å². The van der Waals surface area contributed by atoms with Crippen molar-refractivity contribution in [1.29, 1.82) is 0 Å². The molecule has 2 aromatic carbocycles. The summed E-state index contributed by atoms with van der Waals surface area (Å²) < 4.78 is 5.55. The Bertz CT molecular complexity index is 599. The van der Waals surface area contributed by atoms with Gasteiger partial charge in [-0.3, -0.25) is 10.1 Å². The Labute approximate surface area is 114 Å². The largest absolute Gasteiger partial charge is 0.456 e. The van der Waals surface area contributed by atoms with Crippen molar-refractivity contribution in [2.45, 2.75) is 6.54 Å². The molecule has 0 aliphatic rings. The average molecular weight is 279 g/mol. The number of nitrogens with zero attached hydrogens (tertiary/aromatic N) is 1. The molecule has 0 aliphatic carbocycles. The van der Waals surface area contributed by atoms with E-state index >= 15 is 0 Å². The van der Waals surface area contributed by atoms with Gasteiger partial charge in [-0.05, 0) is 29.8 Å². The van der Waals surface area contributed by atoms with Gasteiger partial charge in [0.25, 0.3) is 5.69 Å². The van der Waals surface area contributed by atoms with Gasteiger partial charge in [-0.25, -0.2) is 0 Å². The summed E-state index contributed by atoms with van der Waals surface area (Å²) in [6.07, 6.45) is 0. The van der Waals surface area contributed by atoms with Crippen LogP contribution in [0.4, 0.5) is 5.69 Å². The molecule has 2 rings (SSSR count). The van der Waals surface area contributed by atoms with E-state index < -0.39 is 4.92 Å². The number of benzene rings is 2. The van der Waals surface area contributed by atoms with Crippen molar-refractivity contribution in [2.24, 2.45) is 5.73 Å². The van der Waals surface area contributed by atoms with E-state index in [1.54, 1.807) is 12.1 Å². The normalized spacial score (nSPS) is 10.2. The van der Waals surface area contributed by atoms with Crippen LogP contribution in [0.15, 0.2) is 42.5 Å². The molecule has 0 spiro atoms. The van der Waals surface area contributed by atoms with Gasteiger partial charge in [0.15, 0.2) is 0 Å². The van der Waals surface area contributed by atoms with Crippen LogP contribution in [0.3, 0.4) is 0 Å². The zero-order valence-corrected chi connectivity index (χ0v) is 10.6. The van der Waals surface area contributed by atoms with E-state index in [-0.39, 0.29) is 5.69 Å². The van der Waals surface area contributed by atoms with Crippen LogP contribution in [0.5, 0.6) is 11.5 Å². The monoisotopic (exact) mass is 278 g/mol. The minimum Gasteiger partial charge on any atom is -0.456 e. The fourth-order valence-corrected chi connectivity index (χ4v) is 1.76. The fourth-order valence-electron chi connectivity index (χ4n) is 1.52. The summed E-state index contributed by atoms with van der Waals surface area (Å²) in [6, 6.07) is 11.0. The van der Waals surface area contributed by atoms with Gasteiger partial charge in [0.1, 0.15) is 11.5 Å². The van der Waals surface area contributed by atoms with Crippen molar-refractivity contribution in [3.63, 3.8) is 0 Å². The number of ether oxygens (including phenoxy) is 1. The van der Waals surface area contributed by atoms with Crippen LogP contribution in [0.2, 0.25) is 5.02 Å². The molecule has 0 atom stereocenters. The minimum atomic E-state index is -0.465. The molecule has 0 saturated heterocycles. The summed E-state index contributed by atoms with van der Waals surface area (Å²) in [5.41, 5.74) is 6.42. The maximum absolute atomic E-state index is 10.5. The zero-order valence-electron chi connectivity index (χ0n) is 9.88. The third kappa shape index (κ3) is 3.21. The van der Waals surface area contributed by atoms with Crippen molar-refractivity contribution >= 4 is 17.3 Å². The van der Waals surface area contributed by atoms with Gasteiger partial charge in [-0.1, -0.05) is 17.7 Å². The molecule has 2 aromatic rings. The molecular weight excluding hydrogens is 268 g/mol. The molecule has 5 nitrogen and oxygen atoms in total. The molecule has 98 valence electrons. The van der Waals surface area contributed by atoms with E-state index in [1.165, 1.54) is 24.3 Å². The lowest BCUT2D eigenvalue weighted by molar-refractivity contribution is -0.384. The molecule has 0 fully saturated rings. The molecular formula is C13H11ClN2O3. The number of non-ortho nitro benzene ring substituents is 1. The highest BCUT2D eigenvalue weighted by atomic mass is 35.5. The van der Waals surface area contributed by atoms with Crippen molar-refractivity contribution in [3.8, 4) is 11.5 Å². The van der Waals surface area contributed by atoms with Crippen LogP contribution in [0.1, 0.15) is 5.56 Å². The number of halogens is 1. The van der Waals surface area contributed by atoms with Crippen LogP contribution >= 0.6 is 11.6 Å². The minimum absolute atomic E-state index is 0.0110. The van der Waals surface area contributed by atoms with Gasteiger partial charge < -0.3 is 10.5 Å². The highest BCUT2D eigenvalue weighted by molar-refractivity contribution is 6.32. The summed E-state index contributed by atoms with van der Waals surface area (Å²) >= 11 is 6.05. The summed E-state index contributed by atoms with van der Waals surface area (Å²) in [7, 11) is 0. The average Bonchev–Trinajstić information content (AvgIpc) is 2.41. The van der Waals surface area contributed by atoms with Gasteiger partial charge in [0.2, 0.25) is 0 Å². The summed E-state index contributed by atoms with van der Waals surface area (Å²) in [4.78, 5) is 10.1. The second kappa shape index (κ2) is 5.69. The number of hydrogen-bond donors (Lipinski definition) is 1. The number of hydrogen-bond acceptors (Lipinski definition) is 4. The Hall–Kier alpha value is -2.11. The van der Waals surface area contributed by atoms with Gasteiger partial charge in [0, 0.05) is 18.7 Å². The summed E-state index contributed by atoms with van der Waals surface area (Å²) in [5, 5.41) is 11.0. The van der Waals surface area contributed by atoms with Crippen molar-refractivity contribution in [1.82, 2.24) is 0 Å². The van der Waals surface area contributed by atoms with E-state index in [0.29, 0.717) is 23.1 Å². The number of nitrogens with two attached hydrogens (primary N) is 1. The third-order valence-corrected chi connectivity index (χ3v) is 2.80. The molecule has 2 N–H and O–H groups in total. The summed E-state index contributed by atoms with van der Waals surface area (Å²) in [6.45, 7) is 0.400. The summed E-state index contributed by atoms with van der Waals surface area (Å²) in [5.74, 6) is 0.959. The van der Waals surface area contributed by atoms with E-state index in [9.17, 15) is 10.1 Å². The first kappa shape index (κ1) is 13.3. The lowest BCUT2D eigenvalue weighted by Gasteiger charge is -2.08.